The summed E-state index contributed by atoms with van der Waals surface area (Å²) >= 11 is 7.55. The van der Waals surface area contributed by atoms with E-state index < -0.39 is 6.17 Å². The number of nitrogens with zero attached hydrogens (tertiary/aromatic N) is 3. The molecular formula is C18H15ClN4OS. The molecule has 2 aromatic heterocycles. The lowest BCUT2D eigenvalue weighted by Crippen LogP contribution is -2.43. The minimum atomic E-state index is -0.410. The summed E-state index contributed by atoms with van der Waals surface area (Å²) in [6.45, 7) is 2.07. The number of pyridine rings is 1. The number of hydrogen-bond donors (Lipinski definition) is 1. The van der Waals surface area contributed by atoms with Crippen molar-refractivity contribution in [3.63, 3.8) is 0 Å². The van der Waals surface area contributed by atoms with Gasteiger partial charge in [-0.25, -0.2) is 9.97 Å². The predicted octanol–water partition coefficient (Wildman–Crippen LogP) is 4.53. The highest BCUT2D eigenvalue weighted by Gasteiger charge is 2.35. The number of halogens is 1. The SMILES string of the molecule is CCc1nc(C2Nc3ccccc3C(=O)N2c2ccc(Cl)cn2)cs1. The minimum Gasteiger partial charge on any atom is -0.359 e. The second kappa shape index (κ2) is 6.46. The van der Waals surface area contributed by atoms with Gasteiger partial charge in [-0.05, 0) is 30.7 Å². The lowest BCUT2D eigenvalue weighted by molar-refractivity contribution is 0.0973. The quantitative estimate of drug-likeness (QED) is 0.736. The number of amides is 1. The van der Waals surface area contributed by atoms with Crippen molar-refractivity contribution in [3.8, 4) is 0 Å². The number of aryl methyl sites for hydroxylation is 1. The van der Waals surface area contributed by atoms with Gasteiger partial charge in [0.15, 0.2) is 6.17 Å². The fraction of sp³-hybridized carbons (Fsp3) is 0.167. The first-order valence-corrected chi connectivity index (χ1v) is 9.18. The summed E-state index contributed by atoms with van der Waals surface area (Å²) in [6.07, 6.45) is 1.99. The fourth-order valence-electron chi connectivity index (χ4n) is 2.82. The van der Waals surface area contributed by atoms with E-state index in [2.05, 4.69) is 22.2 Å². The Hall–Kier alpha value is -2.44. The number of thiazole rings is 1. The molecule has 4 rings (SSSR count). The van der Waals surface area contributed by atoms with Gasteiger partial charge < -0.3 is 5.32 Å². The summed E-state index contributed by atoms with van der Waals surface area (Å²) in [4.78, 5) is 23.8. The lowest BCUT2D eigenvalue weighted by Gasteiger charge is -2.36. The molecule has 1 unspecified atom stereocenters. The second-order valence-corrected chi connectivity index (χ2v) is 7.00. The zero-order valence-corrected chi connectivity index (χ0v) is 15.0. The number of carbonyl (C=O) groups is 1. The molecule has 1 amide bonds. The first kappa shape index (κ1) is 16.1. The van der Waals surface area contributed by atoms with Crippen LogP contribution in [0.2, 0.25) is 5.02 Å². The Morgan fingerprint density at radius 2 is 2.12 bits per heavy atom. The van der Waals surface area contributed by atoms with E-state index in [9.17, 15) is 4.79 Å². The van der Waals surface area contributed by atoms with Gasteiger partial charge in [-0.2, -0.15) is 0 Å². The third kappa shape index (κ3) is 2.88. The van der Waals surface area contributed by atoms with Crippen molar-refractivity contribution in [2.75, 3.05) is 10.2 Å². The van der Waals surface area contributed by atoms with Crippen LogP contribution in [0.15, 0.2) is 48.0 Å². The molecule has 0 aliphatic carbocycles. The Bertz CT molecular complexity index is 925. The number of nitrogens with one attached hydrogen (secondary N) is 1. The van der Waals surface area contributed by atoms with E-state index in [1.54, 1.807) is 34.6 Å². The van der Waals surface area contributed by atoms with Crippen LogP contribution in [0.25, 0.3) is 0 Å². The van der Waals surface area contributed by atoms with E-state index in [1.807, 2.05) is 29.6 Å². The maximum atomic E-state index is 13.2. The molecule has 3 heterocycles. The van der Waals surface area contributed by atoms with Crippen LogP contribution in [0.5, 0.6) is 0 Å². The highest BCUT2D eigenvalue weighted by Crippen LogP contribution is 2.36. The number of benzene rings is 1. The van der Waals surface area contributed by atoms with Crippen molar-refractivity contribution in [2.45, 2.75) is 19.5 Å². The number of para-hydroxylation sites is 1. The zero-order chi connectivity index (χ0) is 17.4. The van der Waals surface area contributed by atoms with Gasteiger partial charge in [0.2, 0.25) is 0 Å². The molecule has 1 N–H and O–H groups in total. The maximum absolute atomic E-state index is 13.2. The van der Waals surface area contributed by atoms with Crippen LogP contribution in [0, 0.1) is 0 Å². The Kier molecular flexibility index (Phi) is 4.15. The Morgan fingerprint density at radius 3 is 2.84 bits per heavy atom. The van der Waals surface area contributed by atoms with Gasteiger partial charge >= 0.3 is 0 Å². The molecule has 0 saturated carbocycles. The van der Waals surface area contributed by atoms with E-state index in [-0.39, 0.29) is 5.91 Å². The van der Waals surface area contributed by atoms with Crippen molar-refractivity contribution in [2.24, 2.45) is 0 Å². The van der Waals surface area contributed by atoms with Crippen LogP contribution in [0.1, 0.15) is 34.1 Å². The molecule has 7 heteroatoms. The molecule has 0 radical (unpaired) electrons. The summed E-state index contributed by atoms with van der Waals surface area (Å²) < 4.78 is 0. The minimum absolute atomic E-state index is 0.111. The molecule has 25 heavy (non-hydrogen) atoms. The predicted molar refractivity (Wildman–Crippen MR) is 100 cm³/mol. The van der Waals surface area contributed by atoms with Gasteiger partial charge in [0, 0.05) is 17.3 Å². The maximum Gasteiger partial charge on any atom is 0.263 e. The number of fused-ring (bicyclic) bond motifs is 1. The molecule has 0 fully saturated rings. The lowest BCUT2D eigenvalue weighted by atomic mass is 10.1. The van der Waals surface area contributed by atoms with Gasteiger partial charge in [-0.15, -0.1) is 11.3 Å². The molecule has 0 saturated heterocycles. The molecule has 0 spiro atoms. The second-order valence-electron chi connectivity index (χ2n) is 5.62. The first-order valence-electron chi connectivity index (χ1n) is 7.92. The molecule has 1 aromatic carbocycles. The molecular weight excluding hydrogens is 356 g/mol. The van der Waals surface area contributed by atoms with Crippen LogP contribution >= 0.6 is 22.9 Å². The van der Waals surface area contributed by atoms with Crippen molar-refractivity contribution in [1.82, 2.24) is 9.97 Å². The summed E-state index contributed by atoms with van der Waals surface area (Å²) in [5.74, 6) is 0.424. The van der Waals surface area contributed by atoms with Crippen molar-refractivity contribution in [3.05, 3.63) is 69.3 Å². The van der Waals surface area contributed by atoms with Gasteiger partial charge in [-0.3, -0.25) is 9.69 Å². The fourth-order valence-corrected chi connectivity index (χ4v) is 3.70. The molecule has 3 aromatic rings. The van der Waals surface area contributed by atoms with Crippen molar-refractivity contribution < 1.29 is 4.79 Å². The Balaban J connectivity index is 1.83. The van der Waals surface area contributed by atoms with Gasteiger partial charge in [0.25, 0.3) is 5.91 Å². The standard InChI is InChI=1S/C18H15ClN4OS/c1-2-16-21-14(10-25-16)17-22-13-6-4-3-5-12(13)18(24)23(17)15-8-7-11(19)9-20-15/h3-10,17,22H,2H2,1H3. The summed E-state index contributed by atoms with van der Waals surface area (Å²) in [5.41, 5.74) is 2.22. The van der Waals surface area contributed by atoms with Crippen LogP contribution in [0.4, 0.5) is 11.5 Å². The van der Waals surface area contributed by atoms with E-state index in [1.165, 1.54) is 0 Å². The van der Waals surface area contributed by atoms with Crippen LogP contribution < -0.4 is 10.2 Å². The topological polar surface area (TPSA) is 58.1 Å². The van der Waals surface area contributed by atoms with Gasteiger partial charge in [0.05, 0.1) is 21.3 Å². The molecule has 1 aliphatic heterocycles. The van der Waals surface area contributed by atoms with Crippen molar-refractivity contribution in [1.29, 1.82) is 0 Å². The first-order chi connectivity index (χ1) is 12.2. The molecule has 126 valence electrons. The van der Waals surface area contributed by atoms with Crippen molar-refractivity contribution >= 4 is 40.4 Å². The number of hydrogen-bond acceptors (Lipinski definition) is 5. The Morgan fingerprint density at radius 1 is 1.28 bits per heavy atom. The number of rotatable bonds is 3. The smallest absolute Gasteiger partial charge is 0.263 e. The third-order valence-corrected chi connectivity index (χ3v) is 5.27. The van der Waals surface area contributed by atoms with Crippen LogP contribution in [-0.4, -0.2) is 15.9 Å². The highest BCUT2D eigenvalue weighted by molar-refractivity contribution is 7.09. The Labute approximate surface area is 154 Å². The van der Waals surface area contributed by atoms with E-state index in [0.29, 0.717) is 16.4 Å². The number of anilines is 2. The van der Waals surface area contributed by atoms with E-state index in [4.69, 9.17) is 11.6 Å². The molecule has 5 nitrogen and oxygen atoms in total. The summed E-state index contributed by atoms with van der Waals surface area (Å²) in [6, 6.07) is 10.9. The van der Waals surface area contributed by atoms with Crippen LogP contribution in [-0.2, 0) is 6.42 Å². The van der Waals surface area contributed by atoms with Crippen LogP contribution in [0.3, 0.4) is 0 Å². The zero-order valence-electron chi connectivity index (χ0n) is 13.4. The van der Waals surface area contributed by atoms with Gasteiger partial charge in [0.1, 0.15) is 5.82 Å². The third-order valence-electron chi connectivity index (χ3n) is 4.04. The molecule has 1 atom stereocenters. The van der Waals surface area contributed by atoms with E-state index in [0.717, 1.165) is 22.8 Å². The monoisotopic (exact) mass is 370 g/mol. The highest BCUT2D eigenvalue weighted by atomic mass is 35.5. The molecule has 1 aliphatic rings. The van der Waals surface area contributed by atoms with Gasteiger partial charge in [-0.1, -0.05) is 30.7 Å². The average molecular weight is 371 g/mol. The largest absolute Gasteiger partial charge is 0.359 e. The molecule has 0 bridgehead atoms. The number of aromatic nitrogens is 2. The average Bonchev–Trinajstić information content (AvgIpc) is 3.12. The number of carbonyl (C=O) groups excluding carboxylic acids is 1. The normalized spacial score (nSPS) is 16.5. The van der Waals surface area contributed by atoms with E-state index >= 15 is 0 Å². The summed E-state index contributed by atoms with van der Waals surface area (Å²) in [5, 5.41) is 6.97. The summed E-state index contributed by atoms with van der Waals surface area (Å²) in [7, 11) is 0.